The molecule has 0 amide bonds. The molecule has 0 saturated carbocycles. The molecule has 0 bridgehead atoms. The Morgan fingerprint density at radius 2 is 2.46 bits per heavy atom. The molecule has 13 heavy (non-hydrogen) atoms. The zero-order valence-electron chi connectivity index (χ0n) is 7.78. The van der Waals surface area contributed by atoms with E-state index in [-0.39, 0.29) is 0 Å². The molecule has 1 aliphatic rings. The number of hydrogen-bond acceptors (Lipinski definition) is 2. The molecule has 1 aliphatic heterocycles. The molecule has 2 heterocycles. The van der Waals surface area contributed by atoms with Crippen molar-refractivity contribution in [3.63, 3.8) is 0 Å². The normalized spacial score (nSPS) is 24.9. The average molecular weight is 244 g/mol. The molecule has 1 aromatic heterocycles. The minimum atomic E-state index is 0.545. The van der Waals surface area contributed by atoms with E-state index in [4.69, 9.17) is 0 Å². The van der Waals surface area contributed by atoms with Crippen LogP contribution < -0.4 is 0 Å². The second-order valence-electron chi connectivity index (χ2n) is 3.66. The Bertz CT molecular complexity index is 284. The van der Waals surface area contributed by atoms with E-state index in [9.17, 15) is 0 Å². The third-order valence-electron chi connectivity index (χ3n) is 2.57. The largest absolute Gasteiger partial charge is 0.304 e. The van der Waals surface area contributed by atoms with Gasteiger partial charge >= 0.3 is 0 Å². The fourth-order valence-corrected chi connectivity index (χ4v) is 2.41. The number of hydrogen-bond donors (Lipinski definition) is 0. The minimum absolute atomic E-state index is 0.545. The predicted molar refractivity (Wildman–Crippen MR) is 55.7 cm³/mol. The molecular weight excluding hydrogens is 230 g/mol. The van der Waals surface area contributed by atoms with Crippen molar-refractivity contribution in [1.82, 2.24) is 14.7 Å². The lowest BCUT2D eigenvalue weighted by atomic mass is 10.1. The van der Waals surface area contributed by atoms with E-state index in [1.807, 2.05) is 12.3 Å². The van der Waals surface area contributed by atoms with E-state index in [1.165, 1.54) is 19.4 Å². The van der Waals surface area contributed by atoms with Gasteiger partial charge in [-0.1, -0.05) is 0 Å². The number of piperidine rings is 1. The van der Waals surface area contributed by atoms with Gasteiger partial charge in [0.15, 0.2) is 0 Å². The van der Waals surface area contributed by atoms with Crippen LogP contribution in [0.15, 0.2) is 16.9 Å². The van der Waals surface area contributed by atoms with Gasteiger partial charge in [0.25, 0.3) is 0 Å². The van der Waals surface area contributed by atoms with Gasteiger partial charge in [-0.05, 0) is 48.4 Å². The molecule has 4 heteroatoms. The fourth-order valence-electron chi connectivity index (χ4n) is 1.91. The summed E-state index contributed by atoms with van der Waals surface area (Å²) >= 11 is 3.50. The quantitative estimate of drug-likeness (QED) is 0.752. The first-order valence-electron chi connectivity index (χ1n) is 4.65. The standard InChI is InChI=1S/C9H14BrN3/c1-12-6-2-3-8(7-12)13-9(10)4-5-11-13/h4-5,8H,2-3,6-7H2,1H3. The van der Waals surface area contributed by atoms with Gasteiger partial charge in [0.05, 0.1) is 12.2 Å². The summed E-state index contributed by atoms with van der Waals surface area (Å²) in [5, 5.41) is 4.32. The molecule has 1 atom stereocenters. The first-order valence-corrected chi connectivity index (χ1v) is 5.44. The molecule has 1 aromatic rings. The Balaban J connectivity index is 2.12. The van der Waals surface area contributed by atoms with Crippen LogP contribution in [0.4, 0.5) is 0 Å². The molecule has 0 radical (unpaired) electrons. The number of likely N-dealkylation sites (tertiary alicyclic amines) is 1. The Kier molecular flexibility index (Phi) is 2.69. The van der Waals surface area contributed by atoms with Gasteiger partial charge in [-0.2, -0.15) is 5.10 Å². The molecule has 3 nitrogen and oxygen atoms in total. The monoisotopic (exact) mass is 243 g/mol. The maximum Gasteiger partial charge on any atom is 0.104 e. The molecule has 0 spiro atoms. The van der Waals surface area contributed by atoms with Crippen LogP contribution in [0.2, 0.25) is 0 Å². The highest BCUT2D eigenvalue weighted by Crippen LogP contribution is 2.23. The third kappa shape index (κ3) is 1.94. The van der Waals surface area contributed by atoms with E-state index >= 15 is 0 Å². The van der Waals surface area contributed by atoms with Crippen molar-refractivity contribution in [3.05, 3.63) is 16.9 Å². The highest BCUT2D eigenvalue weighted by Gasteiger charge is 2.20. The van der Waals surface area contributed by atoms with E-state index in [1.54, 1.807) is 0 Å². The first-order chi connectivity index (χ1) is 6.27. The number of halogens is 1. The van der Waals surface area contributed by atoms with Crippen LogP contribution in [0.1, 0.15) is 18.9 Å². The molecule has 1 saturated heterocycles. The molecule has 0 aliphatic carbocycles. The summed E-state index contributed by atoms with van der Waals surface area (Å²) in [6, 6.07) is 2.54. The van der Waals surface area contributed by atoms with Gasteiger partial charge < -0.3 is 4.90 Å². The van der Waals surface area contributed by atoms with Gasteiger partial charge in [0.2, 0.25) is 0 Å². The van der Waals surface area contributed by atoms with Gasteiger partial charge in [0.1, 0.15) is 4.60 Å². The zero-order chi connectivity index (χ0) is 9.26. The van der Waals surface area contributed by atoms with Crippen molar-refractivity contribution < 1.29 is 0 Å². The second-order valence-corrected chi connectivity index (χ2v) is 4.47. The SMILES string of the molecule is CN1CCCC(n2nccc2Br)C1. The van der Waals surface area contributed by atoms with Crippen molar-refractivity contribution in [2.24, 2.45) is 0 Å². The van der Waals surface area contributed by atoms with Gasteiger partial charge in [0, 0.05) is 6.54 Å². The molecule has 2 rings (SSSR count). The topological polar surface area (TPSA) is 21.1 Å². The van der Waals surface area contributed by atoms with E-state index < -0.39 is 0 Å². The van der Waals surface area contributed by atoms with Crippen molar-refractivity contribution in [2.75, 3.05) is 20.1 Å². The predicted octanol–water partition coefficient (Wildman–Crippen LogP) is 1.91. The first kappa shape index (κ1) is 9.21. The number of nitrogens with zero attached hydrogens (tertiary/aromatic N) is 3. The lowest BCUT2D eigenvalue weighted by Crippen LogP contribution is -2.34. The Hall–Kier alpha value is -0.350. The Morgan fingerprint density at radius 1 is 1.62 bits per heavy atom. The van der Waals surface area contributed by atoms with Crippen LogP contribution in [0.5, 0.6) is 0 Å². The van der Waals surface area contributed by atoms with Crippen LogP contribution in [0.25, 0.3) is 0 Å². The maximum absolute atomic E-state index is 4.32. The van der Waals surface area contributed by atoms with Crippen molar-refractivity contribution in [1.29, 1.82) is 0 Å². The summed E-state index contributed by atoms with van der Waals surface area (Å²) in [6.07, 6.45) is 4.36. The minimum Gasteiger partial charge on any atom is -0.304 e. The van der Waals surface area contributed by atoms with Gasteiger partial charge in [-0.25, -0.2) is 0 Å². The van der Waals surface area contributed by atoms with Gasteiger partial charge in [-0.3, -0.25) is 4.68 Å². The summed E-state index contributed by atoms with van der Waals surface area (Å²) in [5.41, 5.74) is 0. The number of likely N-dealkylation sites (N-methyl/N-ethyl adjacent to an activating group) is 1. The van der Waals surface area contributed by atoms with E-state index in [0.717, 1.165) is 11.1 Å². The Labute approximate surface area is 86.8 Å². The molecule has 1 fully saturated rings. The zero-order valence-corrected chi connectivity index (χ0v) is 9.37. The van der Waals surface area contributed by atoms with Crippen molar-refractivity contribution >= 4 is 15.9 Å². The summed E-state index contributed by atoms with van der Waals surface area (Å²) in [4.78, 5) is 2.36. The van der Waals surface area contributed by atoms with Crippen LogP contribution in [0, 0.1) is 0 Å². The van der Waals surface area contributed by atoms with Crippen LogP contribution in [-0.4, -0.2) is 34.8 Å². The average Bonchev–Trinajstić information content (AvgIpc) is 2.51. The highest BCUT2D eigenvalue weighted by atomic mass is 79.9. The number of aromatic nitrogens is 2. The van der Waals surface area contributed by atoms with Crippen LogP contribution in [-0.2, 0) is 0 Å². The maximum atomic E-state index is 4.32. The Morgan fingerprint density at radius 3 is 3.08 bits per heavy atom. The van der Waals surface area contributed by atoms with Crippen LogP contribution >= 0.6 is 15.9 Å². The molecular formula is C9H14BrN3. The summed E-state index contributed by atoms with van der Waals surface area (Å²) in [7, 11) is 2.17. The third-order valence-corrected chi connectivity index (χ3v) is 3.20. The van der Waals surface area contributed by atoms with E-state index in [0.29, 0.717) is 6.04 Å². The summed E-state index contributed by atoms with van der Waals surface area (Å²) in [6.45, 7) is 2.33. The van der Waals surface area contributed by atoms with Crippen LogP contribution in [0.3, 0.4) is 0 Å². The molecule has 1 unspecified atom stereocenters. The molecule has 72 valence electrons. The smallest absolute Gasteiger partial charge is 0.104 e. The summed E-state index contributed by atoms with van der Waals surface area (Å²) < 4.78 is 3.17. The molecule has 0 aromatic carbocycles. The lowest BCUT2D eigenvalue weighted by molar-refractivity contribution is 0.201. The summed E-state index contributed by atoms with van der Waals surface area (Å²) in [5.74, 6) is 0. The van der Waals surface area contributed by atoms with E-state index in [2.05, 4.69) is 37.7 Å². The number of rotatable bonds is 1. The lowest BCUT2D eigenvalue weighted by Gasteiger charge is -2.30. The van der Waals surface area contributed by atoms with Gasteiger partial charge in [-0.15, -0.1) is 0 Å². The van der Waals surface area contributed by atoms with Crippen molar-refractivity contribution in [2.45, 2.75) is 18.9 Å². The highest BCUT2D eigenvalue weighted by molar-refractivity contribution is 9.10. The second kappa shape index (κ2) is 3.80. The molecule has 0 N–H and O–H groups in total. The van der Waals surface area contributed by atoms with Crippen molar-refractivity contribution in [3.8, 4) is 0 Å². The fraction of sp³-hybridized carbons (Fsp3) is 0.667.